The van der Waals surface area contributed by atoms with Gasteiger partial charge in [-0.05, 0) is 19.1 Å². The lowest BCUT2D eigenvalue weighted by molar-refractivity contribution is -0.143. The van der Waals surface area contributed by atoms with E-state index in [1.54, 1.807) is 19.4 Å². The van der Waals surface area contributed by atoms with Gasteiger partial charge in [-0.25, -0.2) is 4.98 Å². The number of esters is 1. The number of carbonyl (C=O) groups excluding carboxylic acids is 2. The van der Waals surface area contributed by atoms with Gasteiger partial charge in [0, 0.05) is 30.7 Å². The van der Waals surface area contributed by atoms with Crippen LogP contribution in [0.5, 0.6) is 11.5 Å². The monoisotopic (exact) mass is 377 g/mol. The fourth-order valence-electron chi connectivity index (χ4n) is 2.32. The summed E-state index contributed by atoms with van der Waals surface area (Å²) in [5.74, 6) is 0.801. The number of rotatable bonds is 7. The van der Waals surface area contributed by atoms with Crippen LogP contribution in [-0.4, -0.2) is 48.8 Å². The first-order valence-electron chi connectivity index (χ1n) is 8.10. The molecule has 0 unspecified atom stereocenters. The maximum Gasteiger partial charge on any atom is 0.307 e. The van der Waals surface area contributed by atoms with Crippen molar-refractivity contribution in [3.8, 4) is 11.5 Å². The van der Waals surface area contributed by atoms with E-state index in [2.05, 4.69) is 10.3 Å². The number of nitrogens with one attached hydrogen (secondary N) is 1. The molecule has 1 N–H and O–H groups in total. The Morgan fingerprint density at radius 1 is 1.35 bits per heavy atom. The number of fused-ring (bicyclic) bond motifs is 1. The Balaban J connectivity index is 1.58. The summed E-state index contributed by atoms with van der Waals surface area (Å²) in [4.78, 5) is 29.5. The molecule has 9 heteroatoms. The van der Waals surface area contributed by atoms with Crippen LogP contribution in [0.1, 0.15) is 23.8 Å². The zero-order valence-electron chi connectivity index (χ0n) is 14.5. The van der Waals surface area contributed by atoms with E-state index in [9.17, 15) is 9.59 Å². The van der Waals surface area contributed by atoms with Crippen molar-refractivity contribution in [3.05, 3.63) is 29.3 Å². The van der Waals surface area contributed by atoms with Crippen LogP contribution in [0, 0.1) is 0 Å². The van der Waals surface area contributed by atoms with Gasteiger partial charge >= 0.3 is 5.97 Å². The Morgan fingerprint density at radius 3 is 2.96 bits per heavy atom. The van der Waals surface area contributed by atoms with Gasteiger partial charge in [-0.15, -0.1) is 11.3 Å². The summed E-state index contributed by atoms with van der Waals surface area (Å²) >= 11 is 1.32. The summed E-state index contributed by atoms with van der Waals surface area (Å²) in [6, 6.07) is 5.48. The molecular formula is C17H19N3O5S. The zero-order valence-corrected chi connectivity index (χ0v) is 15.3. The van der Waals surface area contributed by atoms with E-state index in [0.717, 1.165) is 5.69 Å². The van der Waals surface area contributed by atoms with Gasteiger partial charge in [0.15, 0.2) is 16.6 Å². The molecule has 26 heavy (non-hydrogen) atoms. The predicted molar refractivity (Wildman–Crippen MR) is 96.2 cm³/mol. The minimum atomic E-state index is -0.324. The highest BCUT2D eigenvalue weighted by molar-refractivity contribution is 7.14. The van der Waals surface area contributed by atoms with Gasteiger partial charge in [0.25, 0.3) is 5.91 Å². The SMILES string of the molecule is CCOC(=O)CCN(C)C(=O)c1csc(Nc2ccc3c(c2)OCO3)n1. The second-order valence-corrected chi connectivity index (χ2v) is 6.37. The molecule has 1 aromatic heterocycles. The number of ether oxygens (including phenoxy) is 3. The number of anilines is 2. The van der Waals surface area contributed by atoms with Crippen molar-refractivity contribution < 1.29 is 23.8 Å². The normalized spacial score (nSPS) is 11.9. The fourth-order valence-corrected chi connectivity index (χ4v) is 3.02. The molecule has 0 spiro atoms. The number of aromatic nitrogens is 1. The summed E-state index contributed by atoms with van der Waals surface area (Å²) in [7, 11) is 1.63. The van der Waals surface area contributed by atoms with E-state index in [-0.39, 0.29) is 31.6 Å². The molecule has 0 saturated heterocycles. The molecule has 138 valence electrons. The third-order valence-corrected chi connectivity index (χ3v) is 4.41. The Labute approximate surface area is 154 Å². The first-order chi connectivity index (χ1) is 12.6. The van der Waals surface area contributed by atoms with Crippen LogP contribution in [0.3, 0.4) is 0 Å². The average Bonchev–Trinajstić information content (AvgIpc) is 3.28. The van der Waals surface area contributed by atoms with Gasteiger partial charge in [-0.2, -0.15) is 0 Å². The van der Waals surface area contributed by atoms with E-state index >= 15 is 0 Å². The lowest BCUT2D eigenvalue weighted by Gasteiger charge is -2.15. The Bertz CT molecular complexity index is 807. The molecule has 0 aliphatic carbocycles. The quantitative estimate of drug-likeness (QED) is 0.742. The molecule has 8 nitrogen and oxygen atoms in total. The minimum absolute atomic E-state index is 0.155. The molecule has 0 atom stereocenters. The van der Waals surface area contributed by atoms with Crippen LogP contribution in [0.15, 0.2) is 23.6 Å². The number of carbonyl (C=O) groups is 2. The lowest BCUT2D eigenvalue weighted by atomic mass is 10.3. The van der Waals surface area contributed by atoms with Crippen molar-refractivity contribution in [2.24, 2.45) is 0 Å². The third-order valence-electron chi connectivity index (χ3n) is 3.65. The molecule has 3 rings (SSSR count). The smallest absolute Gasteiger partial charge is 0.307 e. The predicted octanol–water partition coefficient (Wildman–Crippen LogP) is 2.64. The van der Waals surface area contributed by atoms with E-state index in [4.69, 9.17) is 14.2 Å². The summed E-state index contributed by atoms with van der Waals surface area (Å²) in [6.45, 7) is 2.57. The van der Waals surface area contributed by atoms with Crippen molar-refractivity contribution in [1.29, 1.82) is 0 Å². The molecule has 0 fully saturated rings. The lowest BCUT2D eigenvalue weighted by Crippen LogP contribution is -2.29. The molecule has 2 aromatic rings. The average molecular weight is 377 g/mol. The largest absolute Gasteiger partial charge is 0.466 e. The second-order valence-electron chi connectivity index (χ2n) is 5.51. The molecule has 0 bridgehead atoms. The van der Waals surface area contributed by atoms with Crippen molar-refractivity contribution in [3.63, 3.8) is 0 Å². The second kappa shape index (κ2) is 8.05. The topological polar surface area (TPSA) is 90.0 Å². The van der Waals surface area contributed by atoms with Gasteiger partial charge in [0.05, 0.1) is 13.0 Å². The number of hydrogen-bond acceptors (Lipinski definition) is 8. The maximum atomic E-state index is 12.4. The molecule has 1 aromatic carbocycles. The van der Waals surface area contributed by atoms with E-state index in [1.807, 2.05) is 18.2 Å². The Kier molecular flexibility index (Phi) is 5.57. The molecule has 0 saturated carbocycles. The number of amides is 1. The van der Waals surface area contributed by atoms with E-state index in [0.29, 0.717) is 28.9 Å². The number of thiazole rings is 1. The first-order valence-corrected chi connectivity index (χ1v) is 8.98. The van der Waals surface area contributed by atoms with Gasteiger partial charge in [0.2, 0.25) is 6.79 Å². The van der Waals surface area contributed by atoms with Gasteiger partial charge in [-0.1, -0.05) is 0 Å². The highest BCUT2D eigenvalue weighted by Crippen LogP contribution is 2.35. The van der Waals surface area contributed by atoms with Crippen LogP contribution in [-0.2, 0) is 9.53 Å². The number of nitrogens with zero attached hydrogens (tertiary/aromatic N) is 2. The highest BCUT2D eigenvalue weighted by atomic mass is 32.1. The van der Waals surface area contributed by atoms with Crippen molar-refractivity contribution in [1.82, 2.24) is 9.88 Å². The van der Waals surface area contributed by atoms with Crippen LogP contribution in [0.2, 0.25) is 0 Å². The Morgan fingerprint density at radius 2 is 2.15 bits per heavy atom. The zero-order chi connectivity index (χ0) is 18.5. The van der Waals surface area contributed by atoms with Crippen molar-refractivity contribution in [2.45, 2.75) is 13.3 Å². The fraction of sp³-hybridized carbons (Fsp3) is 0.353. The summed E-state index contributed by atoms with van der Waals surface area (Å²) in [5.41, 5.74) is 1.11. The van der Waals surface area contributed by atoms with Crippen molar-refractivity contribution >= 4 is 34.0 Å². The Hall–Kier alpha value is -2.81. The number of hydrogen-bond donors (Lipinski definition) is 1. The summed E-state index contributed by atoms with van der Waals surface area (Å²) < 4.78 is 15.5. The molecular weight excluding hydrogens is 358 g/mol. The standard InChI is InChI=1S/C17H19N3O5S/c1-3-23-15(21)6-7-20(2)16(22)12-9-26-17(19-12)18-11-4-5-13-14(8-11)25-10-24-13/h4-5,8-9H,3,6-7,10H2,1-2H3,(H,18,19). The van der Waals surface area contributed by atoms with Gasteiger partial charge < -0.3 is 24.4 Å². The molecule has 1 amide bonds. The molecule has 2 heterocycles. The van der Waals surface area contributed by atoms with Crippen LogP contribution >= 0.6 is 11.3 Å². The minimum Gasteiger partial charge on any atom is -0.466 e. The van der Waals surface area contributed by atoms with Gasteiger partial charge in [-0.3, -0.25) is 9.59 Å². The van der Waals surface area contributed by atoms with Gasteiger partial charge in [0.1, 0.15) is 5.69 Å². The summed E-state index contributed by atoms with van der Waals surface area (Å²) in [5, 5.41) is 5.41. The van der Waals surface area contributed by atoms with Crippen LogP contribution < -0.4 is 14.8 Å². The van der Waals surface area contributed by atoms with E-state index < -0.39 is 0 Å². The number of benzene rings is 1. The first kappa shape index (κ1) is 18.0. The molecule has 0 radical (unpaired) electrons. The highest BCUT2D eigenvalue weighted by Gasteiger charge is 2.18. The molecule has 1 aliphatic rings. The van der Waals surface area contributed by atoms with Crippen LogP contribution in [0.4, 0.5) is 10.8 Å². The van der Waals surface area contributed by atoms with E-state index in [1.165, 1.54) is 16.2 Å². The molecule has 1 aliphatic heterocycles. The van der Waals surface area contributed by atoms with Crippen molar-refractivity contribution in [2.75, 3.05) is 32.3 Å². The van der Waals surface area contributed by atoms with Crippen LogP contribution in [0.25, 0.3) is 0 Å². The maximum absolute atomic E-state index is 12.4. The summed E-state index contributed by atoms with van der Waals surface area (Å²) in [6.07, 6.45) is 0.155. The third kappa shape index (κ3) is 4.23.